The Morgan fingerprint density at radius 3 is 1.72 bits per heavy atom. The van der Waals surface area contributed by atoms with Gasteiger partial charge in [-0.25, -0.2) is 19.9 Å². The van der Waals surface area contributed by atoms with Crippen LogP contribution in [-0.4, -0.2) is 19.9 Å². The van der Waals surface area contributed by atoms with E-state index in [0.29, 0.717) is 17.5 Å². The third-order valence-electron chi connectivity index (χ3n) is 11.1. The van der Waals surface area contributed by atoms with E-state index in [1.807, 2.05) is 53.8 Å². The van der Waals surface area contributed by atoms with E-state index in [-0.39, 0.29) is 0 Å². The zero-order valence-electron chi connectivity index (χ0n) is 30.9. The van der Waals surface area contributed by atoms with Gasteiger partial charge in [0.15, 0.2) is 17.5 Å². The van der Waals surface area contributed by atoms with Crippen LogP contribution in [0.1, 0.15) is 0 Å². The van der Waals surface area contributed by atoms with Gasteiger partial charge in [0.05, 0.1) is 22.0 Å². The molecule has 12 aromatic rings. The molecule has 0 aliphatic heterocycles. The Morgan fingerprint density at radius 1 is 0.379 bits per heavy atom. The summed E-state index contributed by atoms with van der Waals surface area (Å²) < 4.78 is 9.23. The fourth-order valence-corrected chi connectivity index (χ4v) is 9.57. The summed E-state index contributed by atoms with van der Waals surface area (Å²) in [6.45, 7) is 0. The molecule has 6 heteroatoms. The Morgan fingerprint density at radius 2 is 0.966 bits per heavy atom. The SMILES string of the molecule is c1ccc(-c2nc(-c3ccc(-c4cccc5c4sc4ccccc45)cc3)nc(-c3ccc(-c4nc5ccc6ccccc6c5c5oc6ccccc6c45)cc3)n2)cc1. The molecule has 0 atom stereocenters. The number of rotatable bonds is 5. The molecule has 58 heavy (non-hydrogen) atoms. The lowest BCUT2D eigenvalue weighted by Gasteiger charge is -2.11. The van der Waals surface area contributed by atoms with Crippen molar-refractivity contribution in [2.45, 2.75) is 0 Å². The van der Waals surface area contributed by atoms with Crippen LogP contribution < -0.4 is 0 Å². The summed E-state index contributed by atoms with van der Waals surface area (Å²) in [4.78, 5) is 20.4. The first-order valence-corrected chi connectivity index (χ1v) is 20.1. The number of nitrogens with zero attached hydrogens (tertiary/aromatic N) is 4. The number of aromatic nitrogens is 4. The number of furan rings is 1. The molecule has 0 amide bonds. The highest BCUT2D eigenvalue weighted by Crippen LogP contribution is 2.43. The molecule has 0 unspecified atom stereocenters. The molecule has 0 aliphatic carbocycles. The monoisotopic (exact) mass is 758 g/mol. The molecular weight excluding hydrogens is 729 g/mol. The van der Waals surface area contributed by atoms with E-state index in [1.165, 1.54) is 25.7 Å². The van der Waals surface area contributed by atoms with Crippen molar-refractivity contribution in [1.82, 2.24) is 19.9 Å². The molecule has 0 fully saturated rings. The lowest BCUT2D eigenvalue weighted by Crippen LogP contribution is -2.00. The van der Waals surface area contributed by atoms with E-state index in [2.05, 4.69) is 140 Å². The fourth-order valence-electron chi connectivity index (χ4n) is 8.33. The number of para-hydroxylation sites is 1. The van der Waals surface area contributed by atoms with Gasteiger partial charge in [-0.2, -0.15) is 0 Å². The smallest absolute Gasteiger partial charge is 0.164 e. The van der Waals surface area contributed by atoms with Gasteiger partial charge in [-0.05, 0) is 40.1 Å². The van der Waals surface area contributed by atoms with Crippen LogP contribution in [0.15, 0.2) is 186 Å². The molecule has 4 heterocycles. The average molecular weight is 759 g/mol. The van der Waals surface area contributed by atoms with Crippen molar-refractivity contribution in [1.29, 1.82) is 0 Å². The molecule has 0 radical (unpaired) electrons. The van der Waals surface area contributed by atoms with Crippen molar-refractivity contribution < 1.29 is 4.42 Å². The van der Waals surface area contributed by atoms with Gasteiger partial charge in [0.25, 0.3) is 0 Å². The van der Waals surface area contributed by atoms with E-state index < -0.39 is 0 Å². The van der Waals surface area contributed by atoms with Crippen LogP contribution in [0.25, 0.3) is 120 Å². The number of pyridine rings is 1. The van der Waals surface area contributed by atoms with Gasteiger partial charge in [-0.1, -0.05) is 164 Å². The molecule has 270 valence electrons. The number of thiophene rings is 1. The van der Waals surface area contributed by atoms with Gasteiger partial charge in [0.2, 0.25) is 0 Å². The molecule has 12 rings (SSSR count). The molecule has 4 aromatic heterocycles. The Balaban J connectivity index is 0.966. The third-order valence-corrected chi connectivity index (χ3v) is 12.4. The number of fused-ring (bicyclic) bond motifs is 10. The Hall–Kier alpha value is -7.54. The molecule has 0 spiro atoms. The number of hydrogen-bond donors (Lipinski definition) is 0. The highest BCUT2D eigenvalue weighted by molar-refractivity contribution is 7.26. The summed E-state index contributed by atoms with van der Waals surface area (Å²) in [5.41, 5.74) is 9.57. The molecular formula is C52H30N4OS. The second-order valence-electron chi connectivity index (χ2n) is 14.6. The maximum Gasteiger partial charge on any atom is 0.164 e. The summed E-state index contributed by atoms with van der Waals surface area (Å²) in [5, 5.41) is 7.94. The zero-order valence-corrected chi connectivity index (χ0v) is 31.7. The largest absolute Gasteiger partial charge is 0.455 e. The molecule has 0 saturated heterocycles. The zero-order chi connectivity index (χ0) is 38.2. The number of benzene rings is 8. The van der Waals surface area contributed by atoms with Gasteiger partial charge >= 0.3 is 0 Å². The average Bonchev–Trinajstić information content (AvgIpc) is 3.88. The van der Waals surface area contributed by atoms with Crippen LogP contribution in [0.4, 0.5) is 0 Å². The van der Waals surface area contributed by atoms with Crippen LogP contribution >= 0.6 is 11.3 Å². The van der Waals surface area contributed by atoms with Crippen molar-refractivity contribution in [2.75, 3.05) is 0 Å². The minimum atomic E-state index is 0.603. The second kappa shape index (κ2) is 13.0. The first-order chi connectivity index (χ1) is 28.7. The summed E-state index contributed by atoms with van der Waals surface area (Å²) >= 11 is 1.84. The van der Waals surface area contributed by atoms with Gasteiger partial charge < -0.3 is 4.42 Å². The van der Waals surface area contributed by atoms with E-state index in [0.717, 1.165) is 77.1 Å². The lowest BCUT2D eigenvalue weighted by atomic mass is 9.98. The standard InChI is InChI=1S/C52H30N4OS/c1-2-12-34(13-3-1)50-54-51(35-25-21-32(22-26-35)38-17-10-18-40-39-15-7-9-20-44(39)58-49(38)40)56-52(55-50)36-27-23-33(24-28-36)47-46-41-16-6-8-19-43(41)57-48(46)45-37-14-5-4-11-31(37)29-30-42(45)53-47/h1-30H. The van der Waals surface area contributed by atoms with Crippen LogP contribution in [0.3, 0.4) is 0 Å². The molecule has 5 nitrogen and oxygen atoms in total. The van der Waals surface area contributed by atoms with Crippen LogP contribution in [0.2, 0.25) is 0 Å². The van der Waals surface area contributed by atoms with Crippen molar-refractivity contribution in [2.24, 2.45) is 0 Å². The first-order valence-electron chi connectivity index (χ1n) is 19.3. The van der Waals surface area contributed by atoms with Gasteiger partial charge in [-0.15, -0.1) is 11.3 Å². The van der Waals surface area contributed by atoms with Crippen molar-refractivity contribution >= 4 is 75.1 Å². The van der Waals surface area contributed by atoms with Crippen LogP contribution in [-0.2, 0) is 0 Å². The topological polar surface area (TPSA) is 64.7 Å². The highest BCUT2D eigenvalue weighted by Gasteiger charge is 2.20. The minimum Gasteiger partial charge on any atom is -0.455 e. The predicted molar refractivity (Wildman–Crippen MR) is 240 cm³/mol. The highest BCUT2D eigenvalue weighted by atomic mass is 32.1. The van der Waals surface area contributed by atoms with Gasteiger partial charge in [-0.3, -0.25) is 0 Å². The Labute approximate surface area is 336 Å². The minimum absolute atomic E-state index is 0.603. The van der Waals surface area contributed by atoms with Gasteiger partial charge in [0, 0.05) is 47.8 Å². The molecule has 0 bridgehead atoms. The van der Waals surface area contributed by atoms with Crippen molar-refractivity contribution in [3.63, 3.8) is 0 Å². The number of hydrogen-bond acceptors (Lipinski definition) is 6. The lowest BCUT2D eigenvalue weighted by molar-refractivity contribution is 0.673. The summed E-state index contributed by atoms with van der Waals surface area (Å²) in [6, 6.07) is 63.1. The van der Waals surface area contributed by atoms with E-state index in [1.54, 1.807) is 0 Å². The summed E-state index contributed by atoms with van der Waals surface area (Å²) in [6.07, 6.45) is 0. The third kappa shape index (κ3) is 5.23. The molecule has 8 aromatic carbocycles. The Bertz CT molecular complexity index is 3550. The molecule has 0 saturated carbocycles. The van der Waals surface area contributed by atoms with Crippen LogP contribution in [0.5, 0.6) is 0 Å². The van der Waals surface area contributed by atoms with Crippen molar-refractivity contribution in [3.05, 3.63) is 182 Å². The summed E-state index contributed by atoms with van der Waals surface area (Å²) in [7, 11) is 0. The Kier molecular flexibility index (Phi) is 7.33. The maximum absolute atomic E-state index is 6.64. The predicted octanol–water partition coefficient (Wildman–Crippen LogP) is 14.2. The second-order valence-corrected chi connectivity index (χ2v) is 15.6. The van der Waals surface area contributed by atoms with Crippen molar-refractivity contribution in [3.8, 4) is 56.5 Å². The normalized spacial score (nSPS) is 11.8. The van der Waals surface area contributed by atoms with Gasteiger partial charge in [0.1, 0.15) is 11.2 Å². The maximum atomic E-state index is 6.64. The van der Waals surface area contributed by atoms with E-state index in [4.69, 9.17) is 24.4 Å². The summed E-state index contributed by atoms with van der Waals surface area (Å²) in [5.74, 6) is 1.85. The molecule has 0 aliphatic rings. The van der Waals surface area contributed by atoms with E-state index >= 15 is 0 Å². The fraction of sp³-hybridized carbons (Fsp3) is 0. The van der Waals surface area contributed by atoms with Crippen LogP contribution in [0, 0.1) is 0 Å². The van der Waals surface area contributed by atoms with E-state index in [9.17, 15) is 0 Å². The first kappa shape index (κ1) is 32.7. The quantitative estimate of drug-likeness (QED) is 0.164. The molecule has 0 N–H and O–H groups in total.